The lowest BCUT2D eigenvalue weighted by Gasteiger charge is -2.13. The summed E-state index contributed by atoms with van der Waals surface area (Å²) in [5, 5.41) is 10.1. The van der Waals surface area contributed by atoms with Gasteiger partial charge in [0.25, 0.3) is 5.91 Å². The SMILES string of the molecule is Cc1nc(SCCNC(=O)COc2ccc(S(=O)(=O)NC(C)C)cc2C)n[nH]1. The first-order chi connectivity index (χ1) is 13.2. The summed E-state index contributed by atoms with van der Waals surface area (Å²) < 4.78 is 32.4. The molecule has 0 aliphatic heterocycles. The van der Waals surface area contributed by atoms with E-state index in [1.54, 1.807) is 26.8 Å². The highest BCUT2D eigenvalue weighted by molar-refractivity contribution is 7.99. The van der Waals surface area contributed by atoms with Gasteiger partial charge in [-0.3, -0.25) is 9.89 Å². The van der Waals surface area contributed by atoms with Gasteiger partial charge < -0.3 is 10.1 Å². The van der Waals surface area contributed by atoms with E-state index in [1.165, 1.54) is 23.9 Å². The van der Waals surface area contributed by atoms with Gasteiger partial charge in [-0.25, -0.2) is 18.1 Å². The third kappa shape index (κ3) is 6.80. The van der Waals surface area contributed by atoms with Gasteiger partial charge in [0.15, 0.2) is 6.61 Å². The van der Waals surface area contributed by atoms with Crippen LogP contribution in [0, 0.1) is 13.8 Å². The molecular weight excluding hydrogens is 402 g/mol. The van der Waals surface area contributed by atoms with E-state index in [0.29, 0.717) is 28.8 Å². The first-order valence-electron chi connectivity index (χ1n) is 8.71. The Morgan fingerprint density at radius 3 is 2.68 bits per heavy atom. The van der Waals surface area contributed by atoms with Gasteiger partial charge >= 0.3 is 0 Å². The van der Waals surface area contributed by atoms with Crippen LogP contribution in [0.3, 0.4) is 0 Å². The van der Waals surface area contributed by atoms with Gasteiger partial charge in [0, 0.05) is 18.3 Å². The van der Waals surface area contributed by atoms with Crippen molar-refractivity contribution in [1.29, 1.82) is 0 Å². The number of benzene rings is 1. The van der Waals surface area contributed by atoms with E-state index in [0.717, 1.165) is 5.82 Å². The highest BCUT2D eigenvalue weighted by atomic mass is 32.2. The molecule has 0 atom stereocenters. The maximum absolute atomic E-state index is 12.2. The topological polar surface area (TPSA) is 126 Å². The Morgan fingerprint density at radius 2 is 2.07 bits per heavy atom. The van der Waals surface area contributed by atoms with Gasteiger partial charge in [-0.2, -0.15) is 0 Å². The highest BCUT2D eigenvalue weighted by Crippen LogP contribution is 2.22. The Kier molecular flexibility index (Phi) is 7.84. The van der Waals surface area contributed by atoms with Crippen LogP contribution >= 0.6 is 11.8 Å². The number of aromatic nitrogens is 3. The number of thioether (sulfide) groups is 1. The van der Waals surface area contributed by atoms with Crippen molar-refractivity contribution in [3.8, 4) is 5.75 Å². The van der Waals surface area contributed by atoms with Gasteiger partial charge in [-0.05, 0) is 51.5 Å². The van der Waals surface area contributed by atoms with Crippen molar-refractivity contribution in [3.63, 3.8) is 0 Å². The van der Waals surface area contributed by atoms with Crippen molar-refractivity contribution < 1.29 is 17.9 Å². The minimum atomic E-state index is -3.57. The normalized spacial score (nSPS) is 11.6. The van der Waals surface area contributed by atoms with Crippen molar-refractivity contribution in [3.05, 3.63) is 29.6 Å². The van der Waals surface area contributed by atoms with Crippen LogP contribution in [0.5, 0.6) is 5.75 Å². The van der Waals surface area contributed by atoms with Crippen LogP contribution in [0.25, 0.3) is 0 Å². The van der Waals surface area contributed by atoms with Crippen molar-refractivity contribution in [2.45, 2.75) is 43.8 Å². The zero-order valence-electron chi connectivity index (χ0n) is 16.3. The summed E-state index contributed by atoms with van der Waals surface area (Å²) in [6.45, 7) is 7.37. The van der Waals surface area contributed by atoms with Crippen molar-refractivity contribution in [1.82, 2.24) is 25.2 Å². The van der Waals surface area contributed by atoms with Crippen LogP contribution in [0.15, 0.2) is 28.3 Å². The number of aromatic amines is 1. The van der Waals surface area contributed by atoms with Gasteiger partial charge in [-0.1, -0.05) is 11.8 Å². The number of hydrogen-bond donors (Lipinski definition) is 3. The van der Waals surface area contributed by atoms with E-state index in [-0.39, 0.29) is 23.5 Å². The summed E-state index contributed by atoms with van der Waals surface area (Å²) in [4.78, 5) is 16.2. The molecule has 28 heavy (non-hydrogen) atoms. The average Bonchev–Trinajstić information content (AvgIpc) is 3.01. The Morgan fingerprint density at radius 1 is 1.32 bits per heavy atom. The second kappa shape index (κ2) is 9.89. The number of amides is 1. The number of nitrogens with one attached hydrogen (secondary N) is 3. The van der Waals surface area contributed by atoms with E-state index >= 15 is 0 Å². The molecule has 0 aliphatic rings. The number of carbonyl (C=O) groups excluding carboxylic acids is 1. The number of sulfonamides is 1. The molecule has 0 saturated heterocycles. The van der Waals surface area contributed by atoms with Crippen LogP contribution in [-0.4, -0.2) is 54.5 Å². The monoisotopic (exact) mass is 427 g/mol. The molecule has 2 rings (SSSR count). The molecular formula is C17H25N5O4S2. The molecule has 3 N–H and O–H groups in total. The minimum absolute atomic E-state index is 0.151. The van der Waals surface area contributed by atoms with Gasteiger partial charge in [-0.15, -0.1) is 5.10 Å². The molecule has 0 unspecified atom stereocenters. The highest BCUT2D eigenvalue weighted by Gasteiger charge is 2.16. The number of H-pyrrole nitrogens is 1. The fraction of sp³-hybridized carbons (Fsp3) is 0.471. The molecule has 1 heterocycles. The molecule has 1 aromatic heterocycles. The Bertz CT molecular complexity index is 912. The van der Waals surface area contributed by atoms with Crippen molar-refractivity contribution in [2.24, 2.45) is 0 Å². The molecule has 0 fully saturated rings. The van der Waals surface area contributed by atoms with E-state index in [1.807, 2.05) is 6.92 Å². The van der Waals surface area contributed by atoms with E-state index in [4.69, 9.17) is 4.74 Å². The summed E-state index contributed by atoms with van der Waals surface area (Å²) in [5.41, 5.74) is 0.634. The number of carbonyl (C=O) groups is 1. The van der Waals surface area contributed by atoms with Crippen LogP contribution < -0.4 is 14.8 Å². The van der Waals surface area contributed by atoms with Gasteiger partial charge in [0.1, 0.15) is 11.6 Å². The maximum Gasteiger partial charge on any atom is 0.257 e. The summed E-state index contributed by atoms with van der Waals surface area (Å²) in [6, 6.07) is 4.34. The van der Waals surface area contributed by atoms with Crippen LogP contribution in [0.1, 0.15) is 25.2 Å². The average molecular weight is 428 g/mol. The molecule has 0 radical (unpaired) electrons. The largest absolute Gasteiger partial charge is 0.484 e. The van der Waals surface area contributed by atoms with E-state index in [9.17, 15) is 13.2 Å². The lowest BCUT2D eigenvalue weighted by molar-refractivity contribution is -0.122. The standard InChI is InChI=1S/C17H25N5O4S2/c1-11(2)22-28(24,25)14-5-6-15(12(3)9-14)26-10-16(23)18-7-8-27-17-19-13(4)20-21-17/h5-6,9,11,22H,7-8,10H2,1-4H3,(H,18,23)(H,19,20,21). The third-order valence-corrected chi connectivity index (χ3v) is 5.94. The molecule has 154 valence electrons. The smallest absolute Gasteiger partial charge is 0.257 e. The molecule has 0 aliphatic carbocycles. The molecule has 2 aromatic rings. The molecule has 0 saturated carbocycles. The second-order valence-electron chi connectivity index (χ2n) is 6.39. The molecule has 0 spiro atoms. The fourth-order valence-electron chi connectivity index (χ4n) is 2.24. The molecule has 11 heteroatoms. The Hall–Kier alpha value is -2.11. The summed E-state index contributed by atoms with van der Waals surface area (Å²) in [5.74, 6) is 1.58. The summed E-state index contributed by atoms with van der Waals surface area (Å²) in [7, 11) is -3.57. The predicted molar refractivity (Wildman–Crippen MR) is 107 cm³/mol. The second-order valence-corrected chi connectivity index (χ2v) is 9.17. The van der Waals surface area contributed by atoms with Crippen molar-refractivity contribution >= 4 is 27.7 Å². The van der Waals surface area contributed by atoms with Gasteiger partial charge in [0.05, 0.1) is 4.90 Å². The number of ether oxygens (including phenoxy) is 1. The lowest BCUT2D eigenvalue weighted by Crippen LogP contribution is -2.31. The third-order valence-electron chi connectivity index (χ3n) is 3.44. The number of rotatable bonds is 10. The van der Waals surface area contributed by atoms with Gasteiger partial charge in [0.2, 0.25) is 15.2 Å². The van der Waals surface area contributed by atoms with Crippen LogP contribution in [0.4, 0.5) is 0 Å². The first-order valence-corrected chi connectivity index (χ1v) is 11.2. The first kappa shape index (κ1) is 22.2. The van der Waals surface area contributed by atoms with E-state index < -0.39 is 10.0 Å². The van der Waals surface area contributed by atoms with Crippen LogP contribution in [-0.2, 0) is 14.8 Å². The zero-order valence-corrected chi connectivity index (χ0v) is 17.9. The molecule has 9 nitrogen and oxygen atoms in total. The number of nitrogens with zero attached hydrogens (tertiary/aromatic N) is 2. The molecule has 0 bridgehead atoms. The maximum atomic E-state index is 12.2. The lowest BCUT2D eigenvalue weighted by atomic mass is 10.2. The zero-order chi connectivity index (χ0) is 20.7. The Labute approximate surface area is 169 Å². The number of hydrogen-bond acceptors (Lipinski definition) is 7. The summed E-state index contributed by atoms with van der Waals surface area (Å²) in [6.07, 6.45) is 0. The minimum Gasteiger partial charge on any atom is -0.484 e. The predicted octanol–water partition coefficient (Wildman–Crippen LogP) is 1.40. The quantitative estimate of drug-likeness (QED) is 0.386. The fourth-order valence-corrected chi connectivity index (χ4v) is 4.28. The van der Waals surface area contributed by atoms with Crippen molar-refractivity contribution in [2.75, 3.05) is 18.9 Å². The number of aryl methyl sites for hydroxylation is 2. The Balaban J connectivity index is 1.79. The summed E-state index contributed by atoms with van der Waals surface area (Å²) >= 11 is 1.44. The molecule has 1 amide bonds. The van der Waals surface area contributed by atoms with Crippen LogP contribution in [0.2, 0.25) is 0 Å². The van der Waals surface area contributed by atoms with E-state index in [2.05, 4.69) is 25.2 Å². The molecule has 1 aromatic carbocycles.